The van der Waals surface area contributed by atoms with Crippen LogP contribution >= 0.6 is 11.6 Å². The number of phenolic OH excluding ortho intramolecular Hbond substituents is 1. The largest absolute Gasteiger partial charge is 0.507 e. The monoisotopic (exact) mass is 507 g/mol. The topological polar surface area (TPSA) is 144 Å². The molecule has 0 aliphatic heterocycles. The zero-order chi connectivity index (χ0) is 25.4. The number of nitrogens with two attached hydrogens (primary N) is 1. The van der Waals surface area contributed by atoms with Crippen molar-refractivity contribution in [2.45, 2.75) is 29.1 Å². The number of carbonyl (C=O) groups is 2. The smallest absolute Gasteiger partial charge is 0.323 e. The molecule has 0 saturated heterocycles. The summed E-state index contributed by atoms with van der Waals surface area (Å²) in [5.74, 6) is -3.65. The fourth-order valence-corrected chi connectivity index (χ4v) is 4.82. The second kappa shape index (κ2) is 8.96. The van der Waals surface area contributed by atoms with E-state index < -0.39 is 43.6 Å². The summed E-state index contributed by atoms with van der Waals surface area (Å²) in [5, 5.41) is 19.6. The van der Waals surface area contributed by atoms with Gasteiger partial charge in [-0.05, 0) is 67.4 Å². The van der Waals surface area contributed by atoms with Crippen molar-refractivity contribution in [3.63, 3.8) is 0 Å². The predicted molar refractivity (Wildman–Crippen MR) is 120 cm³/mol. The van der Waals surface area contributed by atoms with Gasteiger partial charge in [-0.3, -0.25) is 9.59 Å². The van der Waals surface area contributed by atoms with Crippen LogP contribution in [0.2, 0.25) is 5.02 Å². The molecule has 3 aromatic rings. The fraction of sp³-hybridized carbons (Fsp3) is 0.130. The van der Waals surface area contributed by atoms with E-state index >= 15 is 0 Å². The lowest BCUT2D eigenvalue weighted by Crippen LogP contribution is -2.45. The molecule has 3 aromatic carbocycles. The van der Waals surface area contributed by atoms with Crippen molar-refractivity contribution < 1.29 is 37.3 Å². The fourth-order valence-electron chi connectivity index (χ4n) is 3.15. The minimum absolute atomic E-state index is 0.00728. The van der Waals surface area contributed by atoms with Gasteiger partial charge in [-0.25, -0.2) is 12.8 Å². The van der Waals surface area contributed by atoms with E-state index in [9.17, 15) is 32.6 Å². The number of aryl methyl sites for hydroxylation is 1. The molecule has 3 rings (SSSR count). The summed E-state index contributed by atoms with van der Waals surface area (Å²) in [6.07, 6.45) is 0. The Morgan fingerprint density at radius 1 is 1.09 bits per heavy atom. The summed E-state index contributed by atoms with van der Waals surface area (Å²) in [6, 6.07) is 10.2. The van der Waals surface area contributed by atoms with Crippen LogP contribution in [0.15, 0.2) is 64.4 Å². The summed E-state index contributed by atoms with van der Waals surface area (Å²) in [6.45, 7) is 2.69. The standard InChI is InChI=1S/C23H19ClFNO7S/c1-12-9-13(23(2,21(26)28)22(29)30)10-17(24)20(12)33-15-5-8-18(27)19(11-15)34(31,32)16-6-3-14(25)4-7-16/h3-11,27H,1-2H3,(H2,26,28)(H,29,30). The van der Waals surface area contributed by atoms with Crippen molar-refractivity contribution >= 4 is 33.3 Å². The number of halogens is 2. The predicted octanol–water partition coefficient (Wildman–Crippen LogP) is 3.95. The van der Waals surface area contributed by atoms with E-state index in [4.69, 9.17) is 22.1 Å². The first-order valence-corrected chi connectivity index (χ1v) is 11.5. The van der Waals surface area contributed by atoms with Crippen LogP contribution in [-0.4, -0.2) is 30.5 Å². The summed E-state index contributed by atoms with van der Waals surface area (Å²) in [5.41, 5.74) is 3.63. The Morgan fingerprint density at radius 2 is 1.71 bits per heavy atom. The molecule has 1 unspecified atom stereocenters. The number of sulfone groups is 1. The summed E-state index contributed by atoms with van der Waals surface area (Å²) in [7, 11) is -4.21. The van der Waals surface area contributed by atoms with Gasteiger partial charge in [0.25, 0.3) is 0 Å². The van der Waals surface area contributed by atoms with E-state index in [0.717, 1.165) is 43.3 Å². The number of carboxylic acids is 1. The number of ether oxygens (including phenoxy) is 1. The Hall–Kier alpha value is -3.63. The quantitative estimate of drug-likeness (QED) is 0.324. The lowest BCUT2D eigenvalue weighted by molar-refractivity contribution is -0.147. The van der Waals surface area contributed by atoms with Crippen LogP contribution < -0.4 is 10.5 Å². The highest BCUT2D eigenvalue weighted by Crippen LogP contribution is 2.39. The molecule has 178 valence electrons. The molecule has 34 heavy (non-hydrogen) atoms. The maximum Gasteiger partial charge on any atom is 0.323 e. The minimum Gasteiger partial charge on any atom is -0.507 e. The molecular weight excluding hydrogens is 489 g/mol. The van der Waals surface area contributed by atoms with Crippen molar-refractivity contribution in [1.29, 1.82) is 0 Å². The van der Waals surface area contributed by atoms with E-state index in [1.807, 2.05) is 0 Å². The zero-order valence-corrected chi connectivity index (χ0v) is 19.4. The van der Waals surface area contributed by atoms with Crippen molar-refractivity contribution in [2.24, 2.45) is 5.73 Å². The number of phenols is 1. The van der Waals surface area contributed by atoms with Crippen LogP contribution in [0.4, 0.5) is 4.39 Å². The van der Waals surface area contributed by atoms with Crippen molar-refractivity contribution in [2.75, 3.05) is 0 Å². The highest BCUT2D eigenvalue weighted by atomic mass is 35.5. The Kier molecular flexibility index (Phi) is 6.59. The first-order chi connectivity index (χ1) is 15.8. The van der Waals surface area contributed by atoms with E-state index in [0.29, 0.717) is 5.56 Å². The van der Waals surface area contributed by atoms with Gasteiger partial charge in [0.2, 0.25) is 15.7 Å². The third-order valence-corrected chi connectivity index (χ3v) is 7.37. The molecule has 0 heterocycles. The minimum atomic E-state index is -4.21. The summed E-state index contributed by atoms with van der Waals surface area (Å²) in [4.78, 5) is 22.8. The van der Waals surface area contributed by atoms with Crippen LogP contribution in [0.5, 0.6) is 17.2 Å². The number of hydrogen-bond donors (Lipinski definition) is 3. The van der Waals surface area contributed by atoms with Crippen LogP contribution in [0, 0.1) is 12.7 Å². The van der Waals surface area contributed by atoms with E-state index in [2.05, 4.69) is 0 Å². The zero-order valence-electron chi connectivity index (χ0n) is 17.9. The van der Waals surface area contributed by atoms with Crippen LogP contribution in [-0.2, 0) is 24.8 Å². The van der Waals surface area contributed by atoms with Gasteiger partial charge in [-0.2, -0.15) is 0 Å². The third kappa shape index (κ3) is 4.42. The molecule has 11 heteroatoms. The Bertz CT molecular complexity index is 1370. The SMILES string of the molecule is Cc1cc(C(C)(C(N)=O)C(=O)O)cc(Cl)c1Oc1ccc(O)c(S(=O)(=O)c2ccc(F)cc2)c1. The molecule has 0 radical (unpaired) electrons. The maximum atomic E-state index is 13.2. The van der Waals surface area contributed by atoms with Crippen LogP contribution in [0.3, 0.4) is 0 Å². The molecule has 0 spiro atoms. The van der Waals surface area contributed by atoms with Gasteiger partial charge in [0.1, 0.15) is 28.0 Å². The average Bonchev–Trinajstić information content (AvgIpc) is 2.76. The molecule has 1 atom stereocenters. The number of carbonyl (C=O) groups excluding carboxylic acids is 1. The van der Waals surface area contributed by atoms with Crippen molar-refractivity contribution in [1.82, 2.24) is 0 Å². The molecule has 1 amide bonds. The lowest BCUT2D eigenvalue weighted by atomic mass is 9.81. The number of carboxylic acid groups (broad SMARTS) is 1. The number of rotatable bonds is 7. The van der Waals surface area contributed by atoms with Gasteiger partial charge in [0, 0.05) is 6.07 Å². The normalized spacial score (nSPS) is 13.2. The van der Waals surface area contributed by atoms with Gasteiger partial charge in [-0.1, -0.05) is 17.7 Å². The van der Waals surface area contributed by atoms with Crippen molar-refractivity contribution in [3.05, 3.63) is 76.6 Å². The molecule has 4 N–H and O–H groups in total. The third-order valence-electron chi connectivity index (χ3n) is 5.29. The molecule has 0 bridgehead atoms. The first kappa shape index (κ1) is 25.0. The van der Waals surface area contributed by atoms with Crippen LogP contribution in [0.25, 0.3) is 0 Å². The molecule has 0 saturated carbocycles. The van der Waals surface area contributed by atoms with E-state index in [-0.39, 0.29) is 27.0 Å². The van der Waals surface area contributed by atoms with E-state index in [1.165, 1.54) is 18.2 Å². The molecule has 0 fully saturated rings. The number of aliphatic carboxylic acids is 1. The highest BCUT2D eigenvalue weighted by Gasteiger charge is 2.42. The number of hydrogen-bond acceptors (Lipinski definition) is 6. The first-order valence-electron chi connectivity index (χ1n) is 9.64. The number of benzene rings is 3. The van der Waals surface area contributed by atoms with Crippen molar-refractivity contribution in [3.8, 4) is 17.2 Å². The summed E-state index contributed by atoms with van der Waals surface area (Å²) < 4.78 is 44.8. The highest BCUT2D eigenvalue weighted by molar-refractivity contribution is 7.91. The molecular formula is C23H19ClFNO7S. The maximum absolute atomic E-state index is 13.2. The lowest BCUT2D eigenvalue weighted by Gasteiger charge is -2.23. The second-order valence-electron chi connectivity index (χ2n) is 7.59. The molecule has 8 nitrogen and oxygen atoms in total. The molecule has 0 aliphatic carbocycles. The Labute approximate surface area is 199 Å². The van der Waals surface area contributed by atoms with Gasteiger partial charge in [0.15, 0.2) is 5.41 Å². The Balaban J connectivity index is 2.04. The van der Waals surface area contributed by atoms with Gasteiger partial charge in [-0.15, -0.1) is 0 Å². The van der Waals surface area contributed by atoms with Gasteiger partial charge >= 0.3 is 5.97 Å². The average molecular weight is 508 g/mol. The second-order valence-corrected chi connectivity index (χ2v) is 9.91. The number of primary amides is 1. The van der Waals surface area contributed by atoms with Crippen LogP contribution in [0.1, 0.15) is 18.1 Å². The summed E-state index contributed by atoms with van der Waals surface area (Å²) >= 11 is 6.30. The number of amides is 1. The Morgan fingerprint density at radius 3 is 2.24 bits per heavy atom. The molecule has 0 aliphatic rings. The number of aromatic hydroxyl groups is 1. The molecule has 0 aromatic heterocycles. The van der Waals surface area contributed by atoms with Gasteiger partial charge in [0.05, 0.1) is 9.92 Å². The van der Waals surface area contributed by atoms with Gasteiger partial charge < -0.3 is 20.7 Å². The van der Waals surface area contributed by atoms with E-state index in [1.54, 1.807) is 6.92 Å².